The summed E-state index contributed by atoms with van der Waals surface area (Å²) < 4.78 is 5.28. The lowest BCUT2D eigenvalue weighted by Crippen LogP contribution is -2.49. The number of carbonyl (C=O) groups is 2. The zero-order valence-corrected chi connectivity index (χ0v) is 16.4. The van der Waals surface area contributed by atoms with Crippen molar-refractivity contribution in [3.8, 4) is 5.75 Å². The molecule has 0 radical (unpaired) electrons. The minimum atomic E-state index is -0.428. The molecule has 2 N–H and O–H groups in total. The highest BCUT2D eigenvalue weighted by atomic mass is 16.5. The number of methoxy groups -OCH3 is 1. The van der Waals surface area contributed by atoms with E-state index >= 15 is 0 Å². The van der Waals surface area contributed by atoms with Gasteiger partial charge in [-0.3, -0.25) is 9.59 Å². The first kappa shape index (κ1) is 19.2. The van der Waals surface area contributed by atoms with Crippen LogP contribution in [0.1, 0.15) is 31.2 Å². The van der Waals surface area contributed by atoms with Gasteiger partial charge in [0.1, 0.15) is 5.75 Å². The molecule has 0 bridgehead atoms. The summed E-state index contributed by atoms with van der Waals surface area (Å²) in [5, 5.41) is 12.7. The van der Waals surface area contributed by atoms with Crippen molar-refractivity contribution in [1.82, 2.24) is 15.1 Å². The third-order valence-corrected chi connectivity index (χ3v) is 6.45. The molecule has 3 fully saturated rings. The Morgan fingerprint density at radius 2 is 2.14 bits per heavy atom. The van der Waals surface area contributed by atoms with Crippen LogP contribution in [-0.4, -0.2) is 72.2 Å². The van der Waals surface area contributed by atoms with E-state index in [2.05, 4.69) is 5.32 Å². The van der Waals surface area contributed by atoms with E-state index in [1.807, 2.05) is 34.1 Å². The van der Waals surface area contributed by atoms with E-state index in [4.69, 9.17) is 4.74 Å². The number of piperidine rings is 1. The van der Waals surface area contributed by atoms with Crippen LogP contribution in [0.2, 0.25) is 0 Å². The lowest BCUT2D eigenvalue weighted by molar-refractivity contribution is -0.135. The molecule has 152 valence electrons. The molecule has 2 atom stereocenters. The fourth-order valence-corrected chi connectivity index (χ4v) is 4.78. The van der Waals surface area contributed by atoms with Crippen LogP contribution < -0.4 is 10.1 Å². The molecule has 0 unspecified atom stereocenters. The summed E-state index contributed by atoms with van der Waals surface area (Å²) in [6.45, 7) is 3.22. The second-order valence-corrected chi connectivity index (χ2v) is 8.45. The van der Waals surface area contributed by atoms with Gasteiger partial charge >= 0.3 is 0 Å². The van der Waals surface area contributed by atoms with Crippen LogP contribution in [0.25, 0.3) is 0 Å². The number of hydrogen-bond donors (Lipinski definition) is 2. The lowest BCUT2D eigenvalue weighted by atomic mass is 9.77. The highest BCUT2D eigenvalue weighted by molar-refractivity contribution is 5.83. The zero-order chi connectivity index (χ0) is 19.7. The maximum absolute atomic E-state index is 12.6. The van der Waals surface area contributed by atoms with Gasteiger partial charge in [-0.25, -0.2) is 0 Å². The molecule has 7 heteroatoms. The van der Waals surface area contributed by atoms with Gasteiger partial charge in [0.15, 0.2) is 0 Å². The Hall–Kier alpha value is -2.12. The topological polar surface area (TPSA) is 82.1 Å². The number of amides is 2. The van der Waals surface area contributed by atoms with Crippen LogP contribution in [0.3, 0.4) is 0 Å². The maximum atomic E-state index is 12.6. The van der Waals surface area contributed by atoms with Gasteiger partial charge in [-0.05, 0) is 37.0 Å². The van der Waals surface area contributed by atoms with Gasteiger partial charge in [-0.15, -0.1) is 0 Å². The summed E-state index contributed by atoms with van der Waals surface area (Å²) in [6, 6.07) is 7.58. The number of likely N-dealkylation sites (tertiary alicyclic amines) is 2. The Morgan fingerprint density at radius 1 is 1.36 bits per heavy atom. The number of nitrogens with one attached hydrogen (secondary N) is 1. The smallest absolute Gasteiger partial charge is 0.239 e. The average molecular weight is 387 g/mol. The van der Waals surface area contributed by atoms with Crippen molar-refractivity contribution in [3.63, 3.8) is 0 Å². The van der Waals surface area contributed by atoms with Crippen LogP contribution in [0, 0.1) is 5.41 Å². The molecule has 0 saturated carbocycles. The molecular formula is C21H29N3O4. The monoisotopic (exact) mass is 387 g/mol. The highest BCUT2D eigenvalue weighted by Crippen LogP contribution is 2.41. The number of ether oxygens (including phenoxy) is 1. The maximum Gasteiger partial charge on any atom is 0.239 e. The van der Waals surface area contributed by atoms with E-state index in [1.165, 1.54) is 0 Å². The Morgan fingerprint density at radius 3 is 2.82 bits per heavy atom. The van der Waals surface area contributed by atoms with E-state index in [-0.39, 0.29) is 23.3 Å². The van der Waals surface area contributed by atoms with Crippen molar-refractivity contribution in [2.75, 3.05) is 33.3 Å². The first-order chi connectivity index (χ1) is 13.5. The summed E-state index contributed by atoms with van der Waals surface area (Å²) >= 11 is 0. The number of carbonyl (C=O) groups excluding carboxylic acids is 2. The van der Waals surface area contributed by atoms with Crippen molar-refractivity contribution in [1.29, 1.82) is 0 Å². The van der Waals surface area contributed by atoms with Crippen LogP contribution in [0.15, 0.2) is 24.3 Å². The molecule has 3 aliphatic rings. The molecule has 28 heavy (non-hydrogen) atoms. The quantitative estimate of drug-likeness (QED) is 0.797. The van der Waals surface area contributed by atoms with Crippen LogP contribution in [0.5, 0.6) is 5.75 Å². The van der Waals surface area contributed by atoms with Crippen LogP contribution in [0.4, 0.5) is 0 Å². The number of hydrogen-bond acceptors (Lipinski definition) is 5. The Labute approximate surface area is 165 Å². The summed E-state index contributed by atoms with van der Waals surface area (Å²) in [7, 11) is 1.64. The largest absolute Gasteiger partial charge is 0.497 e. The van der Waals surface area contributed by atoms with Gasteiger partial charge in [0.2, 0.25) is 11.8 Å². The fourth-order valence-electron chi connectivity index (χ4n) is 4.78. The SMILES string of the molecule is COc1cccc(CN2CC3(CCN(C(=O)[C@H]4C[C@H](O)CN4)CC3)CC2=O)c1. The molecule has 3 saturated heterocycles. The lowest BCUT2D eigenvalue weighted by Gasteiger charge is -2.39. The minimum absolute atomic E-state index is 0.0185. The van der Waals surface area contributed by atoms with E-state index in [1.54, 1.807) is 7.11 Å². The molecule has 3 heterocycles. The predicted molar refractivity (Wildman–Crippen MR) is 104 cm³/mol. The second-order valence-electron chi connectivity index (χ2n) is 8.45. The summed E-state index contributed by atoms with van der Waals surface area (Å²) in [5.74, 6) is 1.09. The van der Waals surface area contributed by atoms with Crippen LogP contribution >= 0.6 is 0 Å². The average Bonchev–Trinajstić information content (AvgIpc) is 3.25. The standard InChI is InChI=1S/C21H29N3O4/c1-28-17-4-2-3-15(9-17)13-24-14-21(11-19(24)26)5-7-23(8-6-21)20(27)18-10-16(25)12-22-18/h2-4,9,16,18,22,25H,5-8,10-14H2,1H3/t16-,18+/m0/s1. The summed E-state index contributed by atoms with van der Waals surface area (Å²) in [4.78, 5) is 29.1. The summed E-state index contributed by atoms with van der Waals surface area (Å²) in [5.41, 5.74) is 1.05. The van der Waals surface area contributed by atoms with Crippen molar-refractivity contribution < 1.29 is 19.4 Å². The Balaban J connectivity index is 1.34. The molecule has 7 nitrogen and oxygen atoms in total. The molecule has 2 amide bonds. The van der Waals surface area contributed by atoms with Gasteiger partial charge < -0.3 is 25.0 Å². The zero-order valence-electron chi connectivity index (χ0n) is 16.4. The third-order valence-electron chi connectivity index (χ3n) is 6.45. The van der Waals surface area contributed by atoms with Crippen LogP contribution in [-0.2, 0) is 16.1 Å². The van der Waals surface area contributed by atoms with E-state index in [0.29, 0.717) is 39.0 Å². The molecule has 4 rings (SSSR count). The number of aliphatic hydroxyl groups excluding tert-OH is 1. The van der Waals surface area contributed by atoms with E-state index in [9.17, 15) is 14.7 Å². The van der Waals surface area contributed by atoms with Crippen molar-refractivity contribution in [3.05, 3.63) is 29.8 Å². The molecule has 1 spiro atoms. The van der Waals surface area contributed by atoms with E-state index in [0.717, 1.165) is 30.7 Å². The minimum Gasteiger partial charge on any atom is -0.497 e. The first-order valence-electron chi connectivity index (χ1n) is 10.1. The molecule has 1 aromatic carbocycles. The van der Waals surface area contributed by atoms with Crippen molar-refractivity contribution >= 4 is 11.8 Å². The van der Waals surface area contributed by atoms with Gasteiger partial charge in [-0.2, -0.15) is 0 Å². The van der Waals surface area contributed by atoms with Gasteiger partial charge in [0.05, 0.1) is 19.3 Å². The molecular weight excluding hydrogens is 358 g/mol. The van der Waals surface area contributed by atoms with Gasteiger partial charge in [-0.1, -0.05) is 12.1 Å². The fraction of sp³-hybridized carbons (Fsp3) is 0.619. The molecule has 0 aliphatic carbocycles. The third kappa shape index (κ3) is 3.86. The molecule has 0 aromatic heterocycles. The normalized spacial score (nSPS) is 26.9. The number of nitrogens with zero attached hydrogens (tertiary/aromatic N) is 2. The predicted octanol–water partition coefficient (Wildman–Crippen LogP) is 0.759. The highest BCUT2D eigenvalue weighted by Gasteiger charge is 2.46. The first-order valence-corrected chi connectivity index (χ1v) is 10.1. The Bertz CT molecular complexity index is 745. The van der Waals surface area contributed by atoms with Gasteiger partial charge in [0, 0.05) is 44.6 Å². The Kier molecular flexibility index (Phi) is 5.29. The summed E-state index contributed by atoms with van der Waals surface area (Å²) in [6.07, 6.45) is 2.35. The van der Waals surface area contributed by atoms with Crippen molar-refractivity contribution in [2.45, 2.75) is 44.4 Å². The molecule has 1 aromatic rings. The van der Waals surface area contributed by atoms with E-state index < -0.39 is 6.10 Å². The number of aliphatic hydroxyl groups is 1. The number of β-amino-alcohol motifs (C(OH)–C–C–N with tert-alkyl or cyclic N) is 1. The number of rotatable bonds is 4. The van der Waals surface area contributed by atoms with Crippen molar-refractivity contribution in [2.24, 2.45) is 5.41 Å². The van der Waals surface area contributed by atoms with Gasteiger partial charge in [0.25, 0.3) is 0 Å². The number of benzene rings is 1. The second kappa shape index (κ2) is 7.72. The molecule has 3 aliphatic heterocycles.